The number of allylic oxidation sites excluding steroid dienone is 1. The topological polar surface area (TPSA) is 9.23 Å². The summed E-state index contributed by atoms with van der Waals surface area (Å²) < 4.78 is 5.74. The smallest absolute Gasteiger partial charge is 0.127 e. The lowest BCUT2D eigenvalue weighted by Gasteiger charge is -2.25. The highest BCUT2D eigenvalue weighted by Gasteiger charge is 2.23. The van der Waals surface area contributed by atoms with Crippen molar-refractivity contribution in [3.8, 4) is 5.75 Å². The van der Waals surface area contributed by atoms with Crippen LogP contribution in [0.4, 0.5) is 0 Å². The molecule has 0 heterocycles. The van der Waals surface area contributed by atoms with Crippen LogP contribution >= 0.6 is 23.2 Å². The molecule has 0 amide bonds. The molecule has 0 aliphatic heterocycles. The summed E-state index contributed by atoms with van der Waals surface area (Å²) >= 11 is 11.6. The molecule has 0 unspecified atom stereocenters. The third kappa shape index (κ3) is 3.43. The van der Waals surface area contributed by atoms with Crippen molar-refractivity contribution < 1.29 is 4.74 Å². The van der Waals surface area contributed by atoms with Crippen molar-refractivity contribution in [2.45, 2.75) is 27.2 Å². The Morgan fingerprint density at radius 3 is 2.31 bits per heavy atom. The summed E-state index contributed by atoms with van der Waals surface area (Å²) in [7, 11) is 0. The summed E-state index contributed by atoms with van der Waals surface area (Å²) in [5, 5.41) is 0.693. The van der Waals surface area contributed by atoms with Crippen LogP contribution in [-0.2, 0) is 0 Å². The van der Waals surface area contributed by atoms with Gasteiger partial charge in [0, 0.05) is 16.0 Å². The Labute approximate surface area is 107 Å². The first kappa shape index (κ1) is 13.4. The Morgan fingerprint density at radius 1 is 1.31 bits per heavy atom. The molecule has 0 saturated carbocycles. The van der Waals surface area contributed by atoms with Gasteiger partial charge < -0.3 is 4.74 Å². The van der Waals surface area contributed by atoms with E-state index < -0.39 is 0 Å². The van der Waals surface area contributed by atoms with Crippen LogP contribution in [0, 0.1) is 5.41 Å². The van der Waals surface area contributed by atoms with Crippen molar-refractivity contribution in [2.75, 3.05) is 0 Å². The van der Waals surface area contributed by atoms with Crippen LogP contribution in [-0.4, -0.2) is 0 Å². The zero-order chi connectivity index (χ0) is 12.2. The highest BCUT2D eigenvalue weighted by Crippen LogP contribution is 2.32. The van der Waals surface area contributed by atoms with E-state index >= 15 is 0 Å². The molecule has 1 aromatic carbocycles. The summed E-state index contributed by atoms with van der Waals surface area (Å²) in [6, 6.07) is 7.24. The van der Waals surface area contributed by atoms with Crippen molar-refractivity contribution in [1.82, 2.24) is 0 Å². The second-order valence-electron chi connectivity index (χ2n) is 4.27. The van der Waals surface area contributed by atoms with Gasteiger partial charge in [-0.15, -0.1) is 0 Å². The quantitative estimate of drug-likeness (QED) is 0.672. The van der Waals surface area contributed by atoms with Crippen molar-refractivity contribution in [2.24, 2.45) is 5.41 Å². The molecule has 0 aliphatic carbocycles. The molecule has 88 valence electrons. The minimum absolute atomic E-state index is 0.0681. The maximum Gasteiger partial charge on any atom is 0.127 e. The SMILES string of the molecule is CCC(C)(C)/C(=C/Cl)Oc1ccc(Cl)cc1. The number of benzene rings is 1. The van der Waals surface area contributed by atoms with E-state index in [0.717, 1.165) is 17.9 Å². The molecule has 0 N–H and O–H groups in total. The summed E-state index contributed by atoms with van der Waals surface area (Å²) in [4.78, 5) is 0. The first-order valence-electron chi connectivity index (χ1n) is 5.24. The fourth-order valence-corrected chi connectivity index (χ4v) is 1.58. The molecule has 0 saturated heterocycles. The van der Waals surface area contributed by atoms with E-state index in [9.17, 15) is 0 Å². The molecular formula is C13H16Cl2O. The van der Waals surface area contributed by atoms with E-state index in [1.54, 1.807) is 12.1 Å². The Bertz CT molecular complexity index is 366. The maximum atomic E-state index is 5.80. The van der Waals surface area contributed by atoms with Gasteiger partial charge in [0.05, 0.1) is 0 Å². The predicted octanol–water partition coefficient (Wildman–Crippen LogP) is 5.24. The molecule has 16 heavy (non-hydrogen) atoms. The molecule has 0 fully saturated rings. The van der Waals surface area contributed by atoms with Gasteiger partial charge in [-0.2, -0.15) is 0 Å². The van der Waals surface area contributed by atoms with Gasteiger partial charge in [0.15, 0.2) is 0 Å². The van der Waals surface area contributed by atoms with Crippen molar-refractivity contribution in [1.29, 1.82) is 0 Å². The molecule has 0 spiro atoms. The van der Waals surface area contributed by atoms with E-state index in [-0.39, 0.29) is 5.41 Å². The van der Waals surface area contributed by atoms with E-state index in [1.807, 2.05) is 12.1 Å². The van der Waals surface area contributed by atoms with Crippen LogP contribution in [0.25, 0.3) is 0 Å². The van der Waals surface area contributed by atoms with Crippen LogP contribution < -0.4 is 4.74 Å². The Balaban J connectivity index is 2.83. The highest BCUT2D eigenvalue weighted by molar-refractivity contribution is 6.30. The highest BCUT2D eigenvalue weighted by atomic mass is 35.5. The number of hydrogen-bond acceptors (Lipinski definition) is 1. The molecule has 0 bridgehead atoms. The molecule has 0 atom stereocenters. The summed E-state index contributed by atoms with van der Waals surface area (Å²) in [5.74, 6) is 1.51. The van der Waals surface area contributed by atoms with E-state index in [1.165, 1.54) is 5.54 Å². The molecular weight excluding hydrogens is 243 g/mol. The second kappa shape index (κ2) is 5.60. The van der Waals surface area contributed by atoms with Crippen LogP contribution in [0.1, 0.15) is 27.2 Å². The van der Waals surface area contributed by atoms with Crippen molar-refractivity contribution in [3.63, 3.8) is 0 Å². The van der Waals surface area contributed by atoms with Gasteiger partial charge in [0.25, 0.3) is 0 Å². The number of rotatable bonds is 4. The Hall–Kier alpha value is -0.660. The largest absolute Gasteiger partial charge is 0.460 e. The fraction of sp³-hybridized carbons (Fsp3) is 0.385. The molecule has 1 aromatic rings. The van der Waals surface area contributed by atoms with Gasteiger partial charge in [0.2, 0.25) is 0 Å². The first-order chi connectivity index (χ1) is 7.49. The van der Waals surface area contributed by atoms with Crippen LogP contribution in [0.2, 0.25) is 5.02 Å². The monoisotopic (exact) mass is 258 g/mol. The lowest BCUT2D eigenvalue weighted by atomic mass is 9.88. The normalized spacial score (nSPS) is 12.7. The Morgan fingerprint density at radius 2 is 1.88 bits per heavy atom. The molecule has 0 aliphatic rings. The zero-order valence-corrected chi connectivity index (χ0v) is 11.3. The average molecular weight is 259 g/mol. The molecule has 0 aromatic heterocycles. The van der Waals surface area contributed by atoms with Gasteiger partial charge in [-0.1, -0.05) is 44.0 Å². The van der Waals surface area contributed by atoms with Gasteiger partial charge in [-0.25, -0.2) is 0 Å². The summed E-state index contributed by atoms with van der Waals surface area (Å²) in [6.07, 6.45) is 0.957. The molecule has 1 nitrogen and oxygen atoms in total. The van der Waals surface area contributed by atoms with Gasteiger partial charge >= 0.3 is 0 Å². The number of hydrogen-bond donors (Lipinski definition) is 0. The van der Waals surface area contributed by atoms with Crippen molar-refractivity contribution in [3.05, 3.63) is 40.6 Å². The molecule has 3 heteroatoms. The van der Waals surface area contributed by atoms with Crippen LogP contribution in [0.5, 0.6) is 5.75 Å². The lowest BCUT2D eigenvalue weighted by molar-refractivity contribution is 0.267. The third-order valence-corrected chi connectivity index (χ3v) is 3.14. The zero-order valence-electron chi connectivity index (χ0n) is 9.76. The third-order valence-electron chi connectivity index (χ3n) is 2.69. The predicted molar refractivity (Wildman–Crippen MR) is 70.1 cm³/mol. The summed E-state index contributed by atoms with van der Waals surface area (Å²) in [5.41, 5.74) is 1.43. The minimum Gasteiger partial charge on any atom is -0.460 e. The van der Waals surface area contributed by atoms with Gasteiger partial charge in [0.1, 0.15) is 11.5 Å². The van der Waals surface area contributed by atoms with Crippen LogP contribution in [0.15, 0.2) is 35.6 Å². The average Bonchev–Trinajstić information content (AvgIpc) is 2.28. The number of ether oxygens (including phenoxy) is 1. The van der Waals surface area contributed by atoms with E-state index in [2.05, 4.69) is 20.8 Å². The second-order valence-corrected chi connectivity index (χ2v) is 4.92. The minimum atomic E-state index is -0.0681. The summed E-state index contributed by atoms with van der Waals surface area (Å²) in [6.45, 7) is 6.29. The standard InChI is InChI=1S/C13H16Cl2O/c1-4-13(2,3)12(9-14)16-11-7-5-10(15)6-8-11/h5-9H,4H2,1-3H3/b12-9-. The van der Waals surface area contributed by atoms with Gasteiger partial charge in [-0.05, 0) is 30.7 Å². The van der Waals surface area contributed by atoms with Crippen molar-refractivity contribution >= 4 is 23.2 Å². The van der Waals surface area contributed by atoms with E-state index in [0.29, 0.717) is 5.02 Å². The maximum absolute atomic E-state index is 5.80. The fourth-order valence-electron chi connectivity index (χ4n) is 1.11. The Kier molecular flexibility index (Phi) is 4.69. The molecule has 0 radical (unpaired) electrons. The van der Waals surface area contributed by atoms with Crippen LogP contribution in [0.3, 0.4) is 0 Å². The lowest BCUT2D eigenvalue weighted by Crippen LogP contribution is -2.17. The van der Waals surface area contributed by atoms with Gasteiger partial charge in [-0.3, -0.25) is 0 Å². The number of halogens is 2. The molecule has 1 rings (SSSR count). The van der Waals surface area contributed by atoms with E-state index in [4.69, 9.17) is 27.9 Å². The first-order valence-corrected chi connectivity index (χ1v) is 6.05.